The predicted octanol–water partition coefficient (Wildman–Crippen LogP) is 7.03. The number of alkyl carbamates (subject to hydrolysis) is 1. The van der Waals surface area contributed by atoms with Gasteiger partial charge in [0.2, 0.25) is 0 Å². The molecule has 0 radical (unpaired) electrons. The Morgan fingerprint density at radius 3 is 1.65 bits per heavy atom. The molecule has 4 rings (SSSR count). The predicted molar refractivity (Wildman–Crippen MR) is 131 cm³/mol. The van der Waals surface area contributed by atoms with Crippen LogP contribution in [-0.4, -0.2) is 53.9 Å². The summed E-state index contributed by atoms with van der Waals surface area (Å²) in [4.78, 5) is 24.2. The molecule has 0 saturated heterocycles. The van der Waals surface area contributed by atoms with Crippen LogP contribution in [0.4, 0.5) is 44.3 Å². The van der Waals surface area contributed by atoms with Crippen LogP contribution in [0.2, 0.25) is 0 Å². The number of alkyl halides is 9. The number of aliphatic carboxylic acids is 1. The molecular formula is C28H20F9NO5. The molecule has 6 nitrogen and oxygen atoms in total. The van der Waals surface area contributed by atoms with E-state index in [1.807, 2.05) is 48.5 Å². The highest BCUT2D eigenvalue weighted by Crippen LogP contribution is 2.54. The van der Waals surface area contributed by atoms with Gasteiger partial charge in [-0.25, -0.2) is 9.59 Å². The Balaban J connectivity index is 1.44. The summed E-state index contributed by atoms with van der Waals surface area (Å²) < 4.78 is 127. The van der Waals surface area contributed by atoms with E-state index in [2.05, 4.69) is 10.1 Å². The maximum absolute atomic E-state index is 13.1. The van der Waals surface area contributed by atoms with Crippen molar-refractivity contribution < 1.29 is 63.7 Å². The van der Waals surface area contributed by atoms with Gasteiger partial charge in [-0.05, 0) is 39.9 Å². The number of halogens is 9. The van der Waals surface area contributed by atoms with Crippen LogP contribution in [0, 0.1) is 0 Å². The van der Waals surface area contributed by atoms with Crippen molar-refractivity contribution in [2.24, 2.45) is 0 Å². The van der Waals surface area contributed by atoms with Gasteiger partial charge in [-0.2, -0.15) is 39.5 Å². The highest BCUT2D eigenvalue weighted by molar-refractivity contribution is 5.81. The molecule has 1 amide bonds. The minimum Gasteiger partial charge on any atom is -0.480 e. The molecule has 0 fully saturated rings. The van der Waals surface area contributed by atoms with E-state index in [9.17, 15) is 54.2 Å². The SMILES string of the molecule is O=C(NC(Cc1ccc(OC(C(F)(F)F)(C(F)(F)F)C(F)(F)F)cc1)C(=O)O)OCC1c2ccccc2-c2ccccc21. The van der Waals surface area contributed by atoms with E-state index < -0.39 is 54.4 Å². The number of fused-ring (bicyclic) bond motifs is 3. The topological polar surface area (TPSA) is 84.9 Å². The van der Waals surface area contributed by atoms with Crippen molar-refractivity contribution >= 4 is 12.1 Å². The second kappa shape index (κ2) is 11.3. The first kappa shape index (κ1) is 31.5. The number of ether oxygens (including phenoxy) is 2. The Kier molecular flexibility index (Phi) is 8.31. The third kappa shape index (κ3) is 6.06. The van der Waals surface area contributed by atoms with Gasteiger partial charge in [0.15, 0.2) is 0 Å². The van der Waals surface area contributed by atoms with Crippen molar-refractivity contribution in [1.82, 2.24) is 5.32 Å². The summed E-state index contributed by atoms with van der Waals surface area (Å²) in [6, 6.07) is 15.5. The fraction of sp³-hybridized carbons (Fsp3) is 0.286. The number of rotatable bonds is 8. The first-order valence-corrected chi connectivity index (χ1v) is 12.3. The van der Waals surface area contributed by atoms with Gasteiger partial charge in [0.1, 0.15) is 18.4 Å². The van der Waals surface area contributed by atoms with Crippen LogP contribution in [0.3, 0.4) is 0 Å². The number of carboxylic acids is 1. The molecule has 3 aromatic rings. The maximum Gasteiger partial charge on any atom is 0.447 e. The first-order valence-electron chi connectivity index (χ1n) is 12.3. The van der Waals surface area contributed by atoms with Gasteiger partial charge in [-0.15, -0.1) is 0 Å². The summed E-state index contributed by atoms with van der Waals surface area (Å²) in [5.74, 6) is -3.35. The molecule has 0 saturated carbocycles. The van der Waals surface area contributed by atoms with Crippen LogP contribution < -0.4 is 10.1 Å². The van der Waals surface area contributed by atoms with Crippen molar-refractivity contribution in [2.45, 2.75) is 42.5 Å². The maximum atomic E-state index is 13.1. The quantitative estimate of drug-likeness (QED) is 0.264. The van der Waals surface area contributed by atoms with E-state index in [0.717, 1.165) is 34.4 Å². The van der Waals surface area contributed by atoms with Crippen LogP contribution in [0.25, 0.3) is 11.1 Å². The lowest BCUT2D eigenvalue weighted by Crippen LogP contribution is -2.69. The smallest absolute Gasteiger partial charge is 0.447 e. The molecule has 15 heteroatoms. The summed E-state index contributed by atoms with van der Waals surface area (Å²) in [5, 5.41) is 11.6. The van der Waals surface area contributed by atoms with Crippen LogP contribution in [0.15, 0.2) is 72.8 Å². The minimum absolute atomic E-state index is 0.0738. The average Bonchev–Trinajstić information content (AvgIpc) is 3.22. The Bertz CT molecular complexity index is 1400. The molecule has 0 heterocycles. The van der Waals surface area contributed by atoms with E-state index in [0.29, 0.717) is 12.1 Å². The average molecular weight is 621 g/mol. The number of carbonyl (C=O) groups is 2. The van der Waals surface area contributed by atoms with Crippen LogP contribution in [0.5, 0.6) is 5.75 Å². The van der Waals surface area contributed by atoms with Crippen LogP contribution in [-0.2, 0) is 16.0 Å². The molecule has 0 spiro atoms. The molecule has 2 N–H and O–H groups in total. The largest absolute Gasteiger partial charge is 0.480 e. The van der Waals surface area contributed by atoms with E-state index in [-0.39, 0.29) is 18.1 Å². The summed E-state index contributed by atoms with van der Waals surface area (Å²) >= 11 is 0. The zero-order chi connectivity index (χ0) is 31.8. The second-order valence-electron chi connectivity index (χ2n) is 9.49. The molecule has 1 aliphatic rings. The van der Waals surface area contributed by atoms with E-state index >= 15 is 0 Å². The molecule has 0 aromatic heterocycles. The molecule has 1 aliphatic carbocycles. The third-order valence-electron chi connectivity index (χ3n) is 6.77. The number of carboxylic acid groups (broad SMARTS) is 1. The fourth-order valence-electron chi connectivity index (χ4n) is 4.74. The lowest BCUT2D eigenvalue weighted by molar-refractivity contribution is -0.436. The standard InChI is InChI=1S/C28H20F9NO5/c29-26(30,31)25(27(32,33)34,28(35,36)37)43-16-11-9-15(10-12-16)13-22(23(39)40)38-24(41)42-14-21-19-7-3-1-5-17(19)18-6-2-4-8-20(18)21/h1-12,21-22H,13-14H2,(H,38,41)(H,39,40). The Morgan fingerprint density at radius 2 is 1.21 bits per heavy atom. The molecule has 3 aromatic carbocycles. The molecule has 1 atom stereocenters. The zero-order valence-corrected chi connectivity index (χ0v) is 21.5. The van der Waals surface area contributed by atoms with Crippen molar-refractivity contribution in [3.8, 4) is 16.9 Å². The van der Waals surface area contributed by atoms with Crippen LogP contribution >= 0.6 is 0 Å². The molecule has 1 unspecified atom stereocenters. The number of hydrogen-bond donors (Lipinski definition) is 2. The Hall–Kier alpha value is -4.43. The van der Waals surface area contributed by atoms with Gasteiger partial charge in [0, 0.05) is 12.3 Å². The lowest BCUT2D eigenvalue weighted by Gasteiger charge is -2.38. The summed E-state index contributed by atoms with van der Waals surface area (Å²) in [5.41, 5.74) is -2.92. The van der Waals surface area contributed by atoms with E-state index in [4.69, 9.17) is 4.74 Å². The van der Waals surface area contributed by atoms with Crippen LogP contribution in [0.1, 0.15) is 22.6 Å². The Morgan fingerprint density at radius 1 is 0.744 bits per heavy atom. The first-order chi connectivity index (χ1) is 20.0. The number of hydrogen-bond acceptors (Lipinski definition) is 4. The highest BCUT2D eigenvalue weighted by Gasteiger charge is 2.87. The van der Waals surface area contributed by atoms with Gasteiger partial charge in [-0.1, -0.05) is 60.7 Å². The number of nitrogens with one attached hydrogen (secondary N) is 1. The van der Waals surface area contributed by atoms with Crippen molar-refractivity contribution in [3.63, 3.8) is 0 Å². The number of carbonyl (C=O) groups excluding carboxylic acids is 1. The van der Waals surface area contributed by atoms with Gasteiger partial charge in [0.05, 0.1) is 0 Å². The summed E-state index contributed by atoms with van der Waals surface area (Å²) in [7, 11) is 0. The monoisotopic (exact) mass is 621 g/mol. The normalized spacial score (nSPS) is 14.4. The fourth-order valence-corrected chi connectivity index (χ4v) is 4.74. The van der Waals surface area contributed by atoms with Gasteiger partial charge in [-0.3, -0.25) is 0 Å². The molecular weight excluding hydrogens is 601 g/mol. The lowest BCUT2D eigenvalue weighted by atomic mass is 9.98. The summed E-state index contributed by atoms with van der Waals surface area (Å²) in [6.07, 6.45) is -22.5. The molecule has 43 heavy (non-hydrogen) atoms. The molecule has 230 valence electrons. The minimum atomic E-state index is -6.93. The second-order valence-corrected chi connectivity index (χ2v) is 9.49. The van der Waals surface area contributed by atoms with E-state index in [1.165, 1.54) is 0 Å². The van der Waals surface area contributed by atoms with E-state index in [1.54, 1.807) is 0 Å². The molecule has 0 aliphatic heterocycles. The zero-order valence-electron chi connectivity index (χ0n) is 21.5. The third-order valence-corrected chi connectivity index (χ3v) is 6.77. The van der Waals surface area contributed by atoms with Crippen molar-refractivity contribution in [3.05, 3.63) is 89.5 Å². The van der Waals surface area contributed by atoms with Crippen molar-refractivity contribution in [1.29, 1.82) is 0 Å². The summed E-state index contributed by atoms with van der Waals surface area (Å²) in [6.45, 7) is -0.155. The van der Waals surface area contributed by atoms with Crippen molar-refractivity contribution in [2.75, 3.05) is 6.61 Å². The van der Waals surface area contributed by atoms with Gasteiger partial charge in [0.25, 0.3) is 0 Å². The number of benzene rings is 3. The highest BCUT2D eigenvalue weighted by atomic mass is 19.4. The number of amides is 1. The Labute approximate surface area is 237 Å². The molecule has 0 bridgehead atoms. The van der Waals surface area contributed by atoms with Gasteiger partial charge >= 0.3 is 36.2 Å². The van der Waals surface area contributed by atoms with Gasteiger partial charge < -0.3 is 19.9 Å².